The molecule has 0 aromatic heterocycles. The van der Waals surface area contributed by atoms with Gasteiger partial charge in [-0.3, -0.25) is 14.4 Å². The smallest absolute Gasteiger partial charge is 0.316 e. The minimum absolute atomic E-state index is 0.0722. The van der Waals surface area contributed by atoms with Crippen molar-refractivity contribution in [2.45, 2.75) is 25.7 Å². The predicted molar refractivity (Wildman–Crippen MR) is 57.2 cm³/mol. The Balaban J connectivity index is 2.32. The number of hydrogen-bond donors (Lipinski definition) is 0. The minimum atomic E-state index is -0.783. The molecule has 2 rings (SSSR count). The summed E-state index contributed by atoms with van der Waals surface area (Å²) in [5.41, 5.74) is -0.558. The SMILES string of the molecule is COC(=O)C1C(=O)CC(=O)CC12CCOCC2. The van der Waals surface area contributed by atoms with Gasteiger partial charge in [0.15, 0.2) is 5.78 Å². The summed E-state index contributed by atoms with van der Waals surface area (Å²) < 4.78 is 9.97. The number of esters is 1. The fourth-order valence-corrected chi connectivity index (χ4v) is 2.94. The highest BCUT2D eigenvalue weighted by Gasteiger charge is 2.52. The molecular weight excluding hydrogens is 224 g/mol. The number of Topliss-reactive ketones (excluding diaryl/α,β-unsaturated/α-hetero) is 2. The van der Waals surface area contributed by atoms with Crippen LogP contribution in [0.25, 0.3) is 0 Å². The van der Waals surface area contributed by atoms with E-state index in [2.05, 4.69) is 0 Å². The number of rotatable bonds is 1. The van der Waals surface area contributed by atoms with Gasteiger partial charge in [-0.25, -0.2) is 0 Å². The van der Waals surface area contributed by atoms with Crippen molar-refractivity contribution in [2.75, 3.05) is 20.3 Å². The third-order valence-electron chi connectivity index (χ3n) is 3.78. The number of carbonyl (C=O) groups excluding carboxylic acids is 3. The molecule has 1 unspecified atom stereocenters. The molecule has 1 heterocycles. The van der Waals surface area contributed by atoms with Crippen molar-refractivity contribution < 1.29 is 23.9 Å². The van der Waals surface area contributed by atoms with E-state index >= 15 is 0 Å². The van der Waals surface area contributed by atoms with Crippen LogP contribution in [0.2, 0.25) is 0 Å². The van der Waals surface area contributed by atoms with E-state index in [1.807, 2.05) is 0 Å². The maximum atomic E-state index is 11.9. The molecule has 1 atom stereocenters. The van der Waals surface area contributed by atoms with E-state index in [9.17, 15) is 14.4 Å². The van der Waals surface area contributed by atoms with E-state index in [1.54, 1.807) is 0 Å². The van der Waals surface area contributed by atoms with Crippen molar-refractivity contribution in [3.8, 4) is 0 Å². The highest BCUT2D eigenvalue weighted by atomic mass is 16.5. The van der Waals surface area contributed by atoms with Crippen LogP contribution in [0.5, 0.6) is 0 Å². The monoisotopic (exact) mass is 240 g/mol. The first kappa shape index (κ1) is 12.2. The molecule has 1 saturated heterocycles. The molecule has 2 aliphatic rings. The molecule has 1 saturated carbocycles. The summed E-state index contributed by atoms with van der Waals surface area (Å²) in [6.07, 6.45) is 1.30. The summed E-state index contributed by atoms with van der Waals surface area (Å²) in [5, 5.41) is 0. The molecular formula is C12H16O5. The average molecular weight is 240 g/mol. The lowest BCUT2D eigenvalue weighted by molar-refractivity contribution is -0.163. The highest BCUT2D eigenvalue weighted by Crippen LogP contribution is 2.46. The summed E-state index contributed by atoms with van der Waals surface area (Å²) in [4.78, 5) is 35.3. The van der Waals surface area contributed by atoms with E-state index in [0.29, 0.717) is 32.5 Å². The lowest BCUT2D eigenvalue weighted by atomic mass is 9.61. The van der Waals surface area contributed by atoms with E-state index in [-0.39, 0.29) is 18.0 Å². The first-order valence-corrected chi connectivity index (χ1v) is 5.79. The van der Waals surface area contributed by atoms with Gasteiger partial charge < -0.3 is 9.47 Å². The molecule has 2 fully saturated rings. The van der Waals surface area contributed by atoms with Crippen LogP contribution in [0.15, 0.2) is 0 Å². The van der Waals surface area contributed by atoms with Crippen LogP contribution >= 0.6 is 0 Å². The lowest BCUT2D eigenvalue weighted by Gasteiger charge is -2.43. The van der Waals surface area contributed by atoms with Crippen LogP contribution in [0.1, 0.15) is 25.7 Å². The summed E-state index contributed by atoms with van der Waals surface area (Å²) in [6.45, 7) is 0.988. The Morgan fingerprint density at radius 3 is 2.59 bits per heavy atom. The average Bonchev–Trinajstić information content (AvgIpc) is 2.28. The zero-order valence-electron chi connectivity index (χ0n) is 9.86. The number of hydrogen-bond acceptors (Lipinski definition) is 5. The molecule has 1 aliphatic carbocycles. The zero-order chi connectivity index (χ0) is 12.5. The maximum absolute atomic E-state index is 11.9. The first-order valence-electron chi connectivity index (χ1n) is 5.79. The quantitative estimate of drug-likeness (QED) is 0.493. The normalized spacial score (nSPS) is 28.2. The van der Waals surface area contributed by atoms with Gasteiger partial charge in [0.1, 0.15) is 11.7 Å². The van der Waals surface area contributed by atoms with Gasteiger partial charge in [-0.1, -0.05) is 0 Å². The Morgan fingerprint density at radius 2 is 2.00 bits per heavy atom. The molecule has 0 radical (unpaired) electrons. The van der Waals surface area contributed by atoms with E-state index in [4.69, 9.17) is 9.47 Å². The molecule has 94 valence electrons. The second-order valence-electron chi connectivity index (χ2n) is 4.79. The standard InChI is InChI=1S/C12H16O5/c1-16-11(15)10-9(14)6-8(13)7-12(10)2-4-17-5-3-12/h10H,2-7H2,1H3. The number of methoxy groups -OCH3 is 1. The molecule has 0 aromatic carbocycles. The van der Waals surface area contributed by atoms with Gasteiger partial charge in [0.2, 0.25) is 0 Å². The number of carbonyl (C=O) groups is 3. The molecule has 0 aromatic rings. The molecule has 0 N–H and O–H groups in total. The minimum Gasteiger partial charge on any atom is -0.468 e. The molecule has 0 bridgehead atoms. The topological polar surface area (TPSA) is 69.7 Å². The van der Waals surface area contributed by atoms with Gasteiger partial charge in [-0.2, -0.15) is 0 Å². The second-order valence-corrected chi connectivity index (χ2v) is 4.79. The van der Waals surface area contributed by atoms with E-state index in [0.717, 1.165) is 0 Å². The fraction of sp³-hybridized carbons (Fsp3) is 0.750. The van der Waals surface area contributed by atoms with Crippen LogP contribution < -0.4 is 0 Å². The van der Waals surface area contributed by atoms with Crippen molar-refractivity contribution in [3.05, 3.63) is 0 Å². The first-order chi connectivity index (χ1) is 8.09. The highest BCUT2D eigenvalue weighted by molar-refractivity contribution is 6.11. The lowest BCUT2D eigenvalue weighted by Crippen LogP contribution is -2.50. The summed E-state index contributed by atoms with van der Waals surface area (Å²) in [6, 6.07) is 0. The summed E-state index contributed by atoms with van der Waals surface area (Å²) in [5.74, 6) is -1.66. The third kappa shape index (κ3) is 2.11. The second kappa shape index (κ2) is 4.56. The van der Waals surface area contributed by atoms with Crippen LogP contribution in [-0.2, 0) is 23.9 Å². The van der Waals surface area contributed by atoms with Crippen molar-refractivity contribution in [1.29, 1.82) is 0 Å². The van der Waals surface area contributed by atoms with Gasteiger partial charge >= 0.3 is 5.97 Å². The van der Waals surface area contributed by atoms with Gasteiger partial charge in [0, 0.05) is 25.0 Å². The molecule has 1 spiro atoms. The van der Waals surface area contributed by atoms with E-state index < -0.39 is 17.3 Å². The molecule has 1 aliphatic heterocycles. The Kier molecular flexibility index (Phi) is 3.28. The Hall–Kier alpha value is -1.23. The van der Waals surface area contributed by atoms with E-state index in [1.165, 1.54) is 7.11 Å². The fourth-order valence-electron chi connectivity index (χ4n) is 2.94. The molecule has 5 nitrogen and oxygen atoms in total. The van der Waals surface area contributed by atoms with Crippen LogP contribution in [0.3, 0.4) is 0 Å². The van der Waals surface area contributed by atoms with Gasteiger partial charge in [0.25, 0.3) is 0 Å². The van der Waals surface area contributed by atoms with Crippen LogP contribution in [-0.4, -0.2) is 37.9 Å². The predicted octanol–water partition coefficient (Wildman–Crippen LogP) is 0.504. The molecule has 0 amide bonds. The van der Waals surface area contributed by atoms with Crippen molar-refractivity contribution >= 4 is 17.5 Å². The van der Waals surface area contributed by atoms with Gasteiger partial charge in [-0.05, 0) is 12.8 Å². The number of ether oxygens (including phenoxy) is 2. The van der Waals surface area contributed by atoms with Crippen molar-refractivity contribution in [1.82, 2.24) is 0 Å². The van der Waals surface area contributed by atoms with Gasteiger partial charge in [0.05, 0.1) is 13.5 Å². The Bertz CT molecular complexity index is 354. The molecule has 17 heavy (non-hydrogen) atoms. The van der Waals surface area contributed by atoms with Crippen molar-refractivity contribution in [2.24, 2.45) is 11.3 Å². The van der Waals surface area contributed by atoms with Crippen LogP contribution in [0, 0.1) is 11.3 Å². The van der Waals surface area contributed by atoms with Gasteiger partial charge in [-0.15, -0.1) is 0 Å². The zero-order valence-corrected chi connectivity index (χ0v) is 9.86. The summed E-state index contributed by atoms with van der Waals surface area (Å²) in [7, 11) is 1.28. The third-order valence-corrected chi connectivity index (χ3v) is 3.78. The van der Waals surface area contributed by atoms with Crippen molar-refractivity contribution in [3.63, 3.8) is 0 Å². The largest absolute Gasteiger partial charge is 0.468 e. The summed E-state index contributed by atoms with van der Waals surface area (Å²) >= 11 is 0. The Morgan fingerprint density at radius 1 is 1.35 bits per heavy atom. The number of ketones is 2. The maximum Gasteiger partial charge on any atom is 0.316 e. The van der Waals surface area contributed by atoms with Crippen LogP contribution in [0.4, 0.5) is 0 Å². The Labute approximate surface area is 99.5 Å². The molecule has 5 heteroatoms.